The molecule has 0 aliphatic carbocycles. The first kappa shape index (κ1) is 12.7. The first-order valence-electron chi connectivity index (χ1n) is 5.99. The van der Waals surface area contributed by atoms with Crippen molar-refractivity contribution in [3.8, 4) is 5.75 Å². The van der Waals surface area contributed by atoms with E-state index < -0.39 is 0 Å². The van der Waals surface area contributed by atoms with Crippen LogP contribution in [0, 0.1) is 0 Å². The summed E-state index contributed by atoms with van der Waals surface area (Å²) in [7, 11) is 0. The molecule has 1 heterocycles. The number of benzene rings is 2. The Morgan fingerprint density at radius 3 is 2.65 bits per heavy atom. The maximum absolute atomic E-state index is 11.2. The average Bonchev–Trinajstić information content (AvgIpc) is 2.35. The molecule has 0 spiro atoms. The van der Waals surface area contributed by atoms with Crippen molar-refractivity contribution in [2.24, 2.45) is 0 Å². The van der Waals surface area contributed by atoms with E-state index in [0.717, 1.165) is 21.2 Å². The van der Waals surface area contributed by atoms with Gasteiger partial charge in [0.25, 0.3) is 0 Å². The molecule has 0 amide bonds. The topological polar surface area (TPSA) is 90.4 Å². The molecule has 1 aliphatic heterocycles. The van der Waals surface area contributed by atoms with Crippen molar-refractivity contribution >= 4 is 40.5 Å². The third kappa shape index (κ3) is 2.25. The highest BCUT2D eigenvalue weighted by Gasteiger charge is 2.21. The SMILES string of the molecule is CC(=O)Oc1cc(N)cc2c1Nc1ccc(N)cc1S2. The molecule has 20 heavy (non-hydrogen) atoms. The van der Waals surface area contributed by atoms with Gasteiger partial charge in [-0.15, -0.1) is 0 Å². The van der Waals surface area contributed by atoms with E-state index in [0.29, 0.717) is 17.1 Å². The lowest BCUT2D eigenvalue weighted by molar-refractivity contribution is -0.131. The third-order valence-electron chi connectivity index (χ3n) is 2.83. The lowest BCUT2D eigenvalue weighted by Crippen LogP contribution is -2.08. The lowest BCUT2D eigenvalue weighted by atomic mass is 10.2. The fourth-order valence-corrected chi connectivity index (χ4v) is 3.14. The Bertz CT molecular complexity index is 716. The Hall–Kier alpha value is -2.34. The number of nitrogen functional groups attached to an aromatic ring is 2. The van der Waals surface area contributed by atoms with Crippen LogP contribution in [-0.2, 0) is 4.79 Å². The minimum atomic E-state index is -0.382. The van der Waals surface area contributed by atoms with E-state index in [4.69, 9.17) is 16.2 Å². The number of rotatable bonds is 1. The number of anilines is 4. The summed E-state index contributed by atoms with van der Waals surface area (Å²) in [6, 6.07) is 9.08. The maximum Gasteiger partial charge on any atom is 0.308 e. The predicted molar refractivity (Wildman–Crippen MR) is 80.4 cm³/mol. The number of fused-ring (bicyclic) bond motifs is 2. The minimum Gasteiger partial charge on any atom is -0.424 e. The van der Waals surface area contributed by atoms with Gasteiger partial charge in [0.15, 0.2) is 5.75 Å². The summed E-state index contributed by atoms with van der Waals surface area (Å²) in [4.78, 5) is 13.1. The summed E-state index contributed by atoms with van der Waals surface area (Å²) in [5.74, 6) is 0.0511. The maximum atomic E-state index is 11.2. The zero-order chi connectivity index (χ0) is 14.3. The number of nitrogens with one attached hydrogen (secondary N) is 1. The van der Waals surface area contributed by atoms with Gasteiger partial charge in [-0.1, -0.05) is 11.8 Å². The Morgan fingerprint density at radius 2 is 1.90 bits per heavy atom. The lowest BCUT2D eigenvalue weighted by Gasteiger charge is -2.23. The fourth-order valence-electron chi connectivity index (χ4n) is 2.03. The van der Waals surface area contributed by atoms with E-state index in [1.165, 1.54) is 18.7 Å². The van der Waals surface area contributed by atoms with Gasteiger partial charge in [-0.3, -0.25) is 4.79 Å². The highest BCUT2D eigenvalue weighted by molar-refractivity contribution is 7.99. The molecule has 0 aromatic heterocycles. The normalized spacial score (nSPS) is 12.1. The molecule has 0 atom stereocenters. The second kappa shape index (κ2) is 4.64. The van der Waals surface area contributed by atoms with Crippen LogP contribution in [0.4, 0.5) is 22.7 Å². The van der Waals surface area contributed by atoms with Gasteiger partial charge < -0.3 is 21.5 Å². The Balaban J connectivity index is 2.08. The van der Waals surface area contributed by atoms with Crippen molar-refractivity contribution in [2.75, 3.05) is 16.8 Å². The van der Waals surface area contributed by atoms with Crippen molar-refractivity contribution in [2.45, 2.75) is 16.7 Å². The monoisotopic (exact) mass is 287 g/mol. The van der Waals surface area contributed by atoms with E-state index in [9.17, 15) is 4.79 Å². The van der Waals surface area contributed by atoms with Crippen LogP contribution < -0.4 is 21.5 Å². The molecule has 102 valence electrons. The molecule has 6 heteroatoms. The molecule has 2 aromatic rings. The number of nitrogens with two attached hydrogens (primary N) is 2. The van der Waals surface area contributed by atoms with Crippen LogP contribution in [0.25, 0.3) is 0 Å². The van der Waals surface area contributed by atoms with Gasteiger partial charge >= 0.3 is 5.97 Å². The second-order valence-electron chi connectivity index (χ2n) is 4.47. The number of hydrogen-bond donors (Lipinski definition) is 3. The molecule has 0 fully saturated rings. The Morgan fingerprint density at radius 1 is 1.15 bits per heavy atom. The van der Waals surface area contributed by atoms with Crippen LogP contribution in [0.15, 0.2) is 40.1 Å². The molecular formula is C14H13N3O2S. The molecule has 3 rings (SSSR count). The Kier molecular flexibility index (Phi) is 2.94. The van der Waals surface area contributed by atoms with Crippen molar-refractivity contribution in [3.05, 3.63) is 30.3 Å². The smallest absolute Gasteiger partial charge is 0.308 e. The molecule has 1 aliphatic rings. The van der Waals surface area contributed by atoms with Crippen LogP contribution >= 0.6 is 11.8 Å². The van der Waals surface area contributed by atoms with E-state index in [1.807, 2.05) is 24.3 Å². The van der Waals surface area contributed by atoms with Gasteiger partial charge in [-0.05, 0) is 24.3 Å². The highest BCUT2D eigenvalue weighted by Crippen LogP contribution is 2.49. The second-order valence-corrected chi connectivity index (χ2v) is 5.55. The summed E-state index contributed by atoms with van der Waals surface area (Å²) >= 11 is 1.54. The molecule has 5 N–H and O–H groups in total. The summed E-state index contributed by atoms with van der Waals surface area (Å²) in [5, 5.41) is 3.26. The summed E-state index contributed by atoms with van der Waals surface area (Å²) < 4.78 is 5.21. The molecular weight excluding hydrogens is 274 g/mol. The van der Waals surface area contributed by atoms with Crippen molar-refractivity contribution in [1.82, 2.24) is 0 Å². The Labute approximate surface area is 120 Å². The van der Waals surface area contributed by atoms with Gasteiger partial charge in [-0.2, -0.15) is 0 Å². The van der Waals surface area contributed by atoms with Crippen LogP contribution in [0.3, 0.4) is 0 Å². The average molecular weight is 287 g/mol. The zero-order valence-corrected chi connectivity index (χ0v) is 11.6. The van der Waals surface area contributed by atoms with Gasteiger partial charge in [0, 0.05) is 34.2 Å². The van der Waals surface area contributed by atoms with Crippen LogP contribution in [-0.4, -0.2) is 5.97 Å². The third-order valence-corrected chi connectivity index (χ3v) is 3.93. The first-order valence-corrected chi connectivity index (χ1v) is 6.81. The van der Waals surface area contributed by atoms with E-state index in [1.54, 1.807) is 6.07 Å². The van der Waals surface area contributed by atoms with E-state index >= 15 is 0 Å². The molecule has 5 nitrogen and oxygen atoms in total. The number of esters is 1. The van der Waals surface area contributed by atoms with Crippen LogP contribution in [0.5, 0.6) is 5.75 Å². The molecule has 2 aromatic carbocycles. The standard InChI is InChI=1S/C14H13N3O2S/c1-7(18)19-11-4-9(16)6-13-14(11)17-10-3-2-8(15)5-12(10)20-13/h2-6,17H,15-16H2,1H3. The van der Waals surface area contributed by atoms with Gasteiger partial charge in [-0.25, -0.2) is 0 Å². The fraction of sp³-hybridized carbons (Fsp3) is 0.0714. The van der Waals surface area contributed by atoms with E-state index in [2.05, 4.69) is 5.32 Å². The zero-order valence-electron chi connectivity index (χ0n) is 10.8. The largest absolute Gasteiger partial charge is 0.424 e. The molecule has 0 saturated carbocycles. The molecule has 0 unspecified atom stereocenters. The van der Waals surface area contributed by atoms with Gasteiger partial charge in [0.2, 0.25) is 0 Å². The van der Waals surface area contributed by atoms with Gasteiger partial charge in [0.05, 0.1) is 11.4 Å². The number of hydrogen-bond acceptors (Lipinski definition) is 6. The molecule has 0 radical (unpaired) electrons. The summed E-state index contributed by atoms with van der Waals surface area (Å²) in [6.45, 7) is 1.36. The van der Waals surface area contributed by atoms with Crippen molar-refractivity contribution in [3.63, 3.8) is 0 Å². The molecule has 0 bridgehead atoms. The quantitative estimate of drug-likeness (QED) is 0.362. The number of ether oxygens (including phenoxy) is 1. The van der Waals surface area contributed by atoms with E-state index in [-0.39, 0.29) is 5.97 Å². The van der Waals surface area contributed by atoms with Gasteiger partial charge in [0.1, 0.15) is 0 Å². The van der Waals surface area contributed by atoms with Crippen molar-refractivity contribution in [1.29, 1.82) is 0 Å². The minimum absolute atomic E-state index is 0.382. The van der Waals surface area contributed by atoms with Crippen molar-refractivity contribution < 1.29 is 9.53 Å². The summed E-state index contributed by atoms with van der Waals surface area (Å²) in [6.07, 6.45) is 0. The predicted octanol–water partition coefficient (Wildman–Crippen LogP) is 2.98. The summed E-state index contributed by atoms with van der Waals surface area (Å²) in [5.41, 5.74) is 14.6. The first-order chi connectivity index (χ1) is 9.52. The van der Waals surface area contributed by atoms with Crippen LogP contribution in [0.1, 0.15) is 6.92 Å². The molecule has 0 saturated heterocycles. The highest BCUT2D eigenvalue weighted by atomic mass is 32.2. The van der Waals surface area contributed by atoms with Crippen LogP contribution in [0.2, 0.25) is 0 Å². The number of carbonyl (C=O) groups is 1. The number of carbonyl (C=O) groups excluding carboxylic acids is 1.